The van der Waals surface area contributed by atoms with Gasteiger partial charge in [0, 0.05) is 32.7 Å². The molecule has 17 heavy (non-hydrogen) atoms. The van der Waals surface area contributed by atoms with E-state index < -0.39 is 0 Å². The van der Waals surface area contributed by atoms with Crippen molar-refractivity contribution in [1.29, 1.82) is 0 Å². The van der Waals surface area contributed by atoms with E-state index in [0.717, 1.165) is 31.7 Å². The highest BCUT2D eigenvalue weighted by Gasteiger charge is 2.24. The largest absolute Gasteiger partial charge is 0.334 e. The Balaban J connectivity index is 2.15. The van der Waals surface area contributed by atoms with Crippen LogP contribution >= 0.6 is 0 Å². The van der Waals surface area contributed by atoms with Crippen LogP contribution in [0.5, 0.6) is 0 Å². The number of hydrogen-bond acceptors (Lipinski definition) is 3. The lowest BCUT2D eigenvalue weighted by molar-refractivity contribution is 0.0698. The van der Waals surface area contributed by atoms with Crippen LogP contribution in [0.25, 0.3) is 0 Å². The molecule has 2 rings (SSSR count). The Hall–Kier alpha value is -1.36. The van der Waals surface area contributed by atoms with Crippen molar-refractivity contribution in [3.8, 4) is 0 Å². The molecule has 0 aromatic carbocycles. The Morgan fingerprint density at radius 1 is 1.65 bits per heavy atom. The number of carbonyl (C=O) groups is 1. The minimum Gasteiger partial charge on any atom is -0.334 e. The van der Waals surface area contributed by atoms with E-state index in [1.165, 1.54) is 0 Å². The molecule has 0 saturated carbocycles. The zero-order valence-electron chi connectivity index (χ0n) is 10.7. The van der Waals surface area contributed by atoms with Gasteiger partial charge in [-0.1, -0.05) is 6.92 Å². The molecule has 5 heteroatoms. The van der Waals surface area contributed by atoms with Gasteiger partial charge in [0.15, 0.2) is 0 Å². The molecular formula is C12H20N4O. The maximum Gasteiger partial charge on any atom is 0.272 e. The second-order valence-corrected chi connectivity index (χ2v) is 4.60. The molecule has 1 fully saturated rings. The molecule has 0 bridgehead atoms. The topological polar surface area (TPSA) is 50.2 Å². The summed E-state index contributed by atoms with van der Waals surface area (Å²) in [5.41, 5.74) is 1.66. The molecule has 0 aliphatic carbocycles. The lowest BCUT2D eigenvalue weighted by Crippen LogP contribution is -2.51. The van der Waals surface area contributed by atoms with Crippen molar-refractivity contribution >= 4 is 5.91 Å². The van der Waals surface area contributed by atoms with E-state index in [-0.39, 0.29) is 5.91 Å². The normalized spacial score (nSPS) is 20.6. The number of aromatic nitrogens is 2. The fourth-order valence-corrected chi connectivity index (χ4v) is 2.18. The van der Waals surface area contributed by atoms with Crippen LogP contribution in [-0.2, 0) is 13.5 Å². The summed E-state index contributed by atoms with van der Waals surface area (Å²) in [5, 5.41) is 7.65. The number of nitrogens with zero attached hydrogens (tertiary/aromatic N) is 3. The maximum atomic E-state index is 12.3. The quantitative estimate of drug-likeness (QED) is 0.809. The Morgan fingerprint density at radius 3 is 3.00 bits per heavy atom. The minimum absolute atomic E-state index is 0.0908. The van der Waals surface area contributed by atoms with Gasteiger partial charge in [0.1, 0.15) is 5.69 Å². The second kappa shape index (κ2) is 4.87. The molecule has 1 N–H and O–H groups in total. The fourth-order valence-electron chi connectivity index (χ4n) is 2.18. The van der Waals surface area contributed by atoms with Crippen LogP contribution in [0, 0.1) is 0 Å². The first kappa shape index (κ1) is 12.1. The average Bonchev–Trinajstić information content (AvgIpc) is 2.69. The van der Waals surface area contributed by atoms with Gasteiger partial charge in [0.05, 0.1) is 5.69 Å². The van der Waals surface area contributed by atoms with E-state index in [0.29, 0.717) is 11.7 Å². The zero-order chi connectivity index (χ0) is 12.4. The van der Waals surface area contributed by atoms with Gasteiger partial charge >= 0.3 is 0 Å². The smallest absolute Gasteiger partial charge is 0.272 e. The van der Waals surface area contributed by atoms with Gasteiger partial charge in [-0.3, -0.25) is 9.48 Å². The van der Waals surface area contributed by atoms with E-state index in [4.69, 9.17) is 0 Å². The predicted molar refractivity (Wildman–Crippen MR) is 66.0 cm³/mol. The molecule has 1 aliphatic rings. The number of carbonyl (C=O) groups excluding carboxylic acids is 1. The number of rotatable bonds is 2. The summed E-state index contributed by atoms with van der Waals surface area (Å²) < 4.78 is 1.69. The average molecular weight is 236 g/mol. The first-order valence-electron chi connectivity index (χ1n) is 6.17. The van der Waals surface area contributed by atoms with Gasteiger partial charge in [0.25, 0.3) is 5.91 Å². The first-order chi connectivity index (χ1) is 8.11. The lowest BCUT2D eigenvalue weighted by atomic mass is 10.2. The van der Waals surface area contributed by atoms with Crippen LogP contribution in [0.1, 0.15) is 30.0 Å². The molecular weight excluding hydrogens is 216 g/mol. The summed E-state index contributed by atoms with van der Waals surface area (Å²) in [4.78, 5) is 14.2. The van der Waals surface area contributed by atoms with Crippen molar-refractivity contribution < 1.29 is 4.79 Å². The minimum atomic E-state index is 0.0908. The number of hydrogen-bond donors (Lipinski definition) is 1. The summed E-state index contributed by atoms with van der Waals surface area (Å²) in [7, 11) is 1.83. The van der Waals surface area contributed by atoms with Crippen molar-refractivity contribution in [2.75, 3.05) is 19.6 Å². The van der Waals surface area contributed by atoms with E-state index in [2.05, 4.69) is 17.3 Å². The molecule has 0 spiro atoms. The molecule has 1 atom stereocenters. The van der Waals surface area contributed by atoms with Crippen molar-refractivity contribution in [2.45, 2.75) is 26.3 Å². The Morgan fingerprint density at radius 2 is 2.41 bits per heavy atom. The highest BCUT2D eigenvalue weighted by Crippen LogP contribution is 2.09. The van der Waals surface area contributed by atoms with Crippen molar-refractivity contribution in [3.05, 3.63) is 17.5 Å². The third-order valence-electron chi connectivity index (χ3n) is 3.17. The lowest BCUT2D eigenvalue weighted by Gasteiger charge is -2.31. The van der Waals surface area contributed by atoms with Gasteiger partial charge in [0.2, 0.25) is 0 Å². The SMILES string of the molecule is CCc1cc(C(=O)N2CCN[C@H](C)C2)n(C)n1. The highest BCUT2D eigenvalue weighted by molar-refractivity contribution is 5.92. The third-order valence-corrected chi connectivity index (χ3v) is 3.17. The number of amides is 1. The van der Waals surface area contributed by atoms with E-state index in [9.17, 15) is 4.79 Å². The van der Waals surface area contributed by atoms with E-state index in [1.807, 2.05) is 24.9 Å². The Bertz CT molecular complexity index is 413. The summed E-state index contributed by atoms with van der Waals surface area (Å²) in [6, 6.07) is 2.27. The molecule has 1 aromatic rings. The molecule has 0 unspecified atom stereocenters. The van der Waals surface area contributed by atoms with Gasteiger partial charge in [-0.25, -0.2) is 0 Å². The van der Waals surface area contributed by atoms with Crippen LogP contribution in [0.2, 0.25) is 0 Å². The number of nitrogens with one attached hydrogen (secondary N) is 1. The Kier molecular flexibility index (Phi) is 3.47. The number of aryl methyl sites for hydroxylation is 2. The second-order valence-electron chi connectivity index (χ2n) is 4.60. The monoisotopic (exact) mass is 236 g/mol. The van der Waals surface area contributed by atoms with E-state index >= 15 is 0 Å². The Labute approximate surface area is 102 Å². The zero-order valence-corrected chi connectivity index (χ0v) is 10.7. The molecule has 5 nitrogen and oxygen atoms in total. The number of piperazine rings is 1. The van der Waals surface area contributed by atoms with Gasteiger partial charge in [-0.2, -0.15) is 5.10 Å². The van der Waals surface area contributed by atoms with Crippen LogP contribution in [0.15, 0.2) is 6.07 Å². The van der Waals surface area contributed by atoms with Gasteiger partial charge < -0.3 is 10.2 Å². The van der Waals surface area contributed by atoms with Gasteiger partial charge in [-0.15, -0.1) is 0 Å². The highest BCUT2D eigenvalue weighted by atomic mass is 16.2. The van der Waals surface area contributed by atoms with Crippen LogP contribution < -0.4 is 5.32 Å². The molecule has 0 radical (unpaired) electrons. The molecule has 94 valence electrons. The molecule has 2 heterocycles. The fraction of sp³-hybridized carbons (Fsp3) is 0.667. The van der Waals surface area contributed by atoms with Crippen molar-refractivity contribution in [1.82, 2.24) is 20.0 Å². The van der Waals surface area contributed by atoms with Crippen molar-refractivity contribution in [3.63, 3.8) is 0 Å². The van der Waals surface area contributed by atoms with Crippen LogP contribution in [0.3, 0.4) is 0 Å². The molecule has 1 amide bonds. The summed E-state index contributed by atoms with van der Waals surface area (Å²) in [6.45, 7) is 6.55. The van der Waals surface area contributed by atoms with Crippen LogP contribution in [0.4, 0.5) is 0 Å². The van der Waals surface area contributed by atoms with Crippen molar-refractivity contribution in [2.24, 2.45) is 7.05 Å². The third kappa shape index (κ3) is 2.49. The van der Waals surface area contributed by atoms with Crippen LogP contribution in [-0.4, -0.2) is 46.3 Å². The molecule has 1 aromatic heterocycles. The van der Waals surface area contributed by atoms with Gasteiger partial charge in [-0.05, 0) is 19.4 Å². The van der Waals surface area contributed by atoms with E-state index in [1.54, 1.807) is 4.68 Å². The maximum absolute atomic E-state index is 12.3. The standard InChI is InChI=1S/C12H20N4O/c1-4-10-7-11(15(3)14-10)12(17)16-6-5-13-9(2)8-16/h7,9,13H,4-6,8H2,1-3H3/t9-/m1/s1. The first-order valence-corrected chi connectivity index (χ1v) is 6.17. The summed E-state index contributed by atoms with van der Waals surface area (Å²) in [6.07, 6.45) is 0.860. The molecule has 1 aliphatic heterocycles. The summed E-state index contributed by atoms with van der Waals surface area (Å²) in [5.74, 6) is 0.0908. The molecule has 1 saturated heterocycles. The summed E-state index contributed by atoms with van der Waals surface area (Å²) >= 11 is 0. The predicted octanol–water partition coefficient (Wildman–Crippen LogP) is 0.416.